The minimum absolute atomic E-state index is 1.15. The van der Waals surface area contributed by atoms with Gasteiger partial charge in [-0.1, -0.05) is 121 Å². The van der Waals surface area contributed by atoms with Crippen LogP contribution in [0, 0.1) is 0 Å². The first kappa shape index (κ1) is 24.4. The topological polar surface area (TPSA) is 47.4 Å². The second-order valence-corrected chi connectivity index (χ2v) is 12.0. The van der Waals surface area contributed by atoms with Crippen LogP contribution in [-0.2, 0) is 0 Å². The minimum atomic E-state index is 1.15. The van der Waals surface area contributed by atoms with Gasteiger partial charge in [0.15, 0.2) is 0 Å². The molecule has 3 heteroatoms. The van der Waals surface area contributed by atoms with Gasteiger partial charge >= 0.3 is 0 Å². The summed E-state index contributed by atoms with van der Waals surface area (Å²) in [5.41, 5.74) is 14.1. The highest BCUT2D eigenvalue weighted by Crippen LogP contribution is 2.44. The lowest BCUT2D eigenvalue weighted by Gasteiger charge is -2.15. The summed E-state index contributed by atoms with van der Waals surface area (Å²) < 4.78 is 0. The average molecular weight is 574 g/mol. The van der Waals surface area contributed by atoms with E-state index in [1.807, 2.05) is 0 Å². The molecule has 0 saturated carbocycles. The molecule has 3 heterocycles. The Morgan fingerprint density at radius 1 is 0.267 bits per heavy atom. The van der Waals surface area contributed by atoms with Gasteiger partial charge in [0, 0.05) is 65.6 Å². The molecule has 3 nitrogen and oxygen atoms in total. The van der Waals surface area contributed by atoms with Gasteiger partial charge < -0.3 is 15.0 Å². The number of aromatic amines is 3. The van der Waals surface area contributed by atoms with Crippen molar-refractivity contribution < 1.29 is 0 Å². The lowest BCUT2D eigenvalue weighted by molar-refractivity contribution is 1.51. The summed E-state index contributed by atoms with van der Waals surface area (Å²) in [6.45, 7) is 0. The van der Waals surface area contributed by atoms with E-state index in [4.69, 9.17) is 0 Å². The van der Waals surface area contributed by atoms with Crippen LogP contribution in [0.1, 0.15) is 0 Å². The lowest BCUT2D eigenvalue weighted by atomic mass is 9.89. The summed E-state index contributed by atoms with van der Waals surface area (Å²) in [6, 6.07) is 52.7. The normalized spacial score (nSPS) is 12.0. The van der Waals surface area contributed by atoms with Crippen LogP contribution in [0.4, 0.5) is 0 Å². The zero-order valence-electron chi connectivity index (χ0n) is 24.4. The van der Waals surface area contributed by atoms with Crippen molar-refractivity contribution >= 4 is 65.4 Å². The van der Waals surface area contributed by atoms with Crippen molar-refractivity contribution in [3.8, 4) is 33.4 Å². The molecule has 0 unspecified atom stereocenters. The molecule has 0 saturated heterocycles. The molecule has 0 aliphatic rings. The van der Waals surface area contributed by atoms with Crippen LogP contribution < -0.4 is 0 Å². The van der Waals surface area contributed by atoms with Crippen molar-refractivity contribution in [2.75, 3.05) is 0 Å². The van der Waals surface area contributed by atoms with E-state index in [-0.39, 0.29) is 0 Å². The first-order valence-corrected chi connectivity index (χ1v) is 15.5. The standard InChI is InChI=1S/C42H27N3/c1-4-19-37-28(10-1)32-15-7-13-26(40(32)43-37)25-22-23-27(31-14-8-16-33-29-11-2-5-20-38(29)44-41(31)33)36(24-25)35-18-9-17-34-30-12-3-6-21-39(30)45-42(34)35/h1-24,43-45H. The van der Waals surface area contributed by atoms with Gasteiger partial charge in [0.25, 0.3) is 0 Å². The Kier molecular flexibility index (Phi) is 5.00. The van der Waals surface area contributed by atoms with E-state index in [0.717, 1.165) is 27.6 Å². The van der Waals surface area contributed by atoms with Gasteiger partial charge in [0.2, 0.25) is 0 Å². The summed E-state index contributed by atoms with van der Waals surface area (Å²) in [4.78, 5) is 11.3. The number of H-pyrrole nitrogens is 3. The molecule has 0 spiro atoms. The number of para-hydroxylation sites is 6. The molecule has 10 rings (SSSR count). The zero-order chi connectivity index (χ0) is 29.5. The Balaban J connectivity index is 1.29. The van der Waals surface area contributed by atoms with Crippen molar-refractivity contribution in [3.05, 3.63) is 146 Å². The summed E-state index contributed by atoms with van der Waals surface area (Å²) in [5, 5.41) is 7.46. The molecule has 3 N–H and O–H groups in total. The predicted octanol–water partition coefficient (Wildman–Crippen LogP) is 11.6. The monoisotopic (exact) mass is 573 g/mol. The first-order valence-electron chi connectivity index (χ1n) is 15.5. The van der Waals surface area contributed by atoms with E-state index < -0.39 is 0 Å². The molecule has 0 aliphatic heterocycles. The van der Waals surface area contributed by atoms with Crippen molar-refractivity contribution in [3.63, 3.8) is 0 Å². The number of benzene rings is 7. The van der Waals surface area contributed by atoms with Gasteiger partial charge in [-0.05, 0) is 41.0 Å². The first-order chi connectivity index (χ1) is 22.3. The van der Waals surface area contributed by atoms with Gasteiger partial charge in [0.1, 0.15) is 0 Å². The summed E-state index contributed by atoms with van der Waals surface area (Å²) in [6.07, 6.45) is 0. The number of nitrogens with one attached hydrogen (secondary N) is 3. The zero-order valence-corrected chi connectivity index (χ0v) is 24.4. The molecular formula is C42H27N3. The van der Waals surface area contributed by atoms with E-state index in [9.17, 15) is 0 Å². The number of hydrogen-bond donors (Lipinski definition) is 3. The average Bonchev–Trinajstić information content (AvgIpc) is 3.79. The molecule has 210 valence electrons. The molecule has 10 aromatic rings. The van der Waals surface area contributed by atoms with Crippen LogP contribution in [0.3, 0.4) is 0 Å². The molecule has 3 aromatic heterocycles. The third kappa shape index (κ3) is 3.52. The Morgan fingerprint density at radius 3 is 1.18 bits per heavy atom. The van der Waals surface area contributed by atoms with Gasteiger partial charge in [-0.25, -0.2) is 0 Å². The SMILES string of the molecule is c1ccc2c(c1)[nH]c1c(-c3ccc(-c4cccc5c4[nH]c4ccccc45)c(-c4cccc5c4[nH]c4ccccc45)c3)cccc12. The molecule has 0 atom stereocenters. The number of hydrogen-bond acceptors (Lipinski definition) is 0. The largest absolute Gasteiger partial charge is 0.354 e. The lowest BCUT2D eigenvalue weighted by Crippen LogP contribution is -1.90. The fourth-order valence-corrected chi connectivity index (χ4v) is 7.48. The maximum Gasteiger partial charge on any atom is 0.0544 e. The van der Waals surface area contributed by atoms with E-state index in [0.29, 0.717) is 0 Å². The molecule has 45 heavy (non-hydrogen) atoms. The van der Waals surface area contributed by atoms with Gasteiger partial charge in [-0.15, -0.1) is 0 Å². The molecule has 7 aromatic carbocycles. The Bertz CT molecular complexity index is 2770. The van der Waals surface area contributed by atoms with Crippen molar-refractivity contribution in [2.24, 2.45) is 0 Å². The Labute approximate surface area is 258 Å². The second-order valence-electron chi connectivity index (χ2n) is 12.0. The summed E-state index contributed by atoms with van der Waals surface area (Å²) >= 11 is 0. The molecular weight excluding hydrogens is 546 g/mol. The fourth-order valence-electron chi connectivity index (χ4n) is 7.48. The van der Waals surface area contributed by atoms with Gasteiger partial charge in [-0.2, -0.15) is 0 Å². The predicted molar refractivity (Wildman–Crippen MR) is 191 cm³/mol. The van der Waals surface area contributed by atoms with Gasteiger partial charge in [-0.3, -0.25) is 0 Å². The highest BCUT2D eigenvalue weighted by molar-refractivity contribution is 6.17. The van der Waals surface area contributed by atoms with Crippen LogP contribution in [0.5, 0.6) is 0 Å². The highest BCUT2D eigenvalue weighted by Gasteiger charge is 2.19. The minimum Gasteiger partial charge on any atom is -0.354 e. The van der Waals surface area contributed by atoms with Crippen LogP contribution >= 0.6 is 0 Å². The van der Waals surface area contributed by atoms with Crippen molar-refractivity contribution in [1.82, 2.24) is 15.0 Å². The maximum absolute atomic E-state index is 3.78. The van der Waals surface area contributed by atoms with Crippen LogP contribution in [0.15, 0.2) is 146 Å². The second kappa shape index (κ2) is 9.22. The number of aromatic nitrogens is 3. The van der Waals surface area contributed by atoms with E-state index in [1.165, 1.54) is 71.2 Å². The molecule has 0 fully saturated rings. The molecule has 0 radical (unpaired) electrons. The number of fused-ring (bicyclic) bond motifs is 9. The molecule has 0 aliphatic carbocycles. The molecule has 0 amide bonds. The summed E-state index contributed by atoms with van der Waals surface area (Å²) in [7, 11) is 0. The maximum atomic E-state index is 3.78. The van der Waals surface area contributed by atoms with Crippen molar-refractivity contribution in [2.45, 2.75) is 0 Å². The summed E-state index contributed by atoms with van der Waals surface area (Å²) in [5.74, 6) is 0. The van der Waals surface area contributed by atoms with Crippen LogP contribution in [-0.4, -0.2) is 15.0 Å². The quantitative estimate of drug-likeness (QED) is 0.188. The molecule has 0 bridgehead atoms. The van der Waals surface area contributed by atoms with E-state index >= 15 is 0 Å². The van der Waals surface area contributed by atoms with E-state index in [1.54, 1.807) is 0 Å². The fraction of sp³-hybridized carbons (Fsp3) is 0. The third-order valence-electron chi connectivity index (χ3n) is 9.54. The van der Waals surface area contributed by atoms with Crippen LogP contribution in [0.25, 0.3) is 98.8 Å². The van der Waals surface area contributed by atoms with Crippen LogP contribution in [0.2, 0.25) is 0 Å². The third-order valence-corrected chi connectivity index (χ3v) is 9.54. The Hall–Kier alpha value is -6.06. The van der Waals surface area contributed by atoms with E-state index in [2.05, 4.69) is 161 Å². The van der Waals surface area contributed by atoms with Crippen molar-refractivity contribution in [1.29, 1.82) is 0 Å². The smallest absolute Gasteiger partial charge is 0.0544 e. The Morgan fingerprint density at radius 2 is 0.667 bits per heavy atom. The number of rotatable bonds is 3. The highest BCUT2D eigenvalue weighted by atomic mass is 14.7. The van der Waals surface area contributed by atoms with Gasteiger partial charge in [0.05, 0.1) is 16.6 Å².